The summed E-state index contributed by atoms with van der Waals surface area (Å²) in [5.74, 6) is 1.85. The van der Waals surface area contributed by atoms with Gasteiger partial charge < -0.3 is 18.5 Å². The van der Waals surface area contributed by atoms with E-state index in [2.05, 4.69) is 57.6 Å². The summed E-state index contributed by atoms with van der Waals surface area (Å²) in [5.41, 5.74) is 3.45. The zero-order valence-corrected chi connectivity index (χ0v) is 20.2. The Labute approximate surface area is 203 Å². The van der Waals surface area contributed by atoms with Gasteiger partial charge in [-0.15, -0.1) is 10.2 Å². The van der Waals surface area contributed by atoms with Crippen LogP contribution >= 0.6 is 11.8 Å². The van der Waals surface area contributed by atoms with Crippen LogP contribution in [0, 0.1) is 0 Å². The summed E-state index contributed by atoms with van der Waals surface area (Å²) in [6, 6.07) is 20.8. The molecular formula is C26H28N4O3S. The van der Waals surface area contributed by atoms with E-state index in [0.29, 0.717) is 19.8 Å². The van der Waals surface area contributed by atoms with Crippen LogP contribution in [0.1, 0.15) is 35.5 Å². The lowest BCUT2D eigenvalue weighted by Gasteiger charge is -2.21. The summed E-state index contributed by atoms with van der Waals surface area (Å²) < 4.78 is 20.1. The lowest BCUT2D eigenvalue weighted by Crippen LogP contribution is -2.25. The fraction of sp³-hybridized carbons (Fsp3) is 0.308. The summed E-state index contributed by atoms with van der Waals surface area (Å²) >= 11 is 1.47. The molecule has 2 aromatic carbocycles. The van der Waals surface area contributed by atoms with Crippen molar-refractivity contribution in [2.75, 3.05) is 19.8 Å². The fourth-order valence-corrected chi connectivity index (χ4v) is 4.86. The Bertz CT molecular complexity index is 1220. The molecule has 0 N–H and O–H groups in total. The van der Waals surface area contributed by atoms with Crippen molar-refractivity contribution >= 4 is 11.8 Å². The molecule has 8 heteroatoms. The van der Waals surface area contributed by atoms with Gasteiger partial charge in [0.25, 0.3) is 0 Å². The van der Waals surface area contributed by atoms with Crippen LogP contribution < -0.4 is 4.74 Å². The molecule has 1 atom stereocenters. The highest BCUT2D eigenvalue weighted by atomic mass is 32.2. The summed E-state index contributed by atoms with van der Waals surface area (Å²) in [5, 5.41) is 9.64. The van der Waals surface area contributed by atoms with Gasteiger partial charge in [0.1, 0.15) is 30.5 Å². The molecule has 0 amide bonds. The number of hydrogen-bond donors (Lipinski definition) is 0. The lowest BCUT2D eigenvalue weighted by molar-refractivity contribution is 0.0912. The van der Waals surface area contributed by atoms with Gasteiger partial charge in [-0.2, -0.15) is 0 Å². The maximum absolute atomic E-state index is 6.13. The molecule has 1 unspecified atom stereocenters. The minimum Gasteiger partial charge on any atom is -0.492 e. The smallest absolute Gasteiger partial charge is 0.198 e. The first kappa shape index (κ1) is 22.7. The standard InChI is InChI=1S/C26H28N4O3S/c1-3-31-25(19-7-5-4-6-8-19)20-9-11-23-21(15-20)16-30(13-14-32-23)17-22-10-12-24(33-22)34-26-28-27-18-29(26)2/h4-12,15,18,25H,3,13-14,16-17H2,1-2H3. The highest BCUT2D eigenvalue weighted by molar-refractivity contribution is 7.99. The molecule has 0 bridgehead atoms. The number of furan rings is 1. The van der Waals surface area contributed by atoms with Crippen molar-refractivity contribution < 1.29 is 13.9 Å². The third kappa shape index (κ3) is 5.19. The number of hydrogen-bond acceptors (Lipinski definition) is 7. The fourth-order valence-electron chi connectivity index (χ4n) is 4.12. The van der Waals surface area contributed by atoms with Crippen LogP contribution in [0.25, 0.3) is 0 Å². The van der Waals surface area contributed by atoms with Gasteiger partial charge in [0.15, 0.2) is 10.2 Å². The summed E-state index contributed by atoms with van der Waals surface area (Å²) in [7, 11) is 1.92. The molecule has 0 radical (unpaired) electrons. The second-order valence-electron chi connectivity index (χ2n) is 8.22. The number of aromatic nitrogens is 3. The van der Waals surface area contributed by atoms with E-state index in [4.69, 9.17) is 13.9 Å². The SMILES string of the molecule is CCOC(c1ccccc1)c1ccc2c(c1)CN(Cc1ccc(Sc3nncn3C)o1)CCO2. The van der Waals surface area contributed by atoms with Gasteiger partial charge in [-0.1, -0.05) is 36.4 Å². The highest BCUT2D eigenvalue weighted by Crippen LogP contribution is 2.33. The number of fused-ring (bicyclic) bond motifs is 1. The van der Waals surface area contributed by atoms with Gasteiger partial charge in [-0.25, -0.2) is 0 Å². The summed E-state index contributed by atoms with van der Waals surface area (Å²) in [6.07, 6.45) is 1.58. The number of rotatable bonds is 8. The quantitative estimate of drug-likeness (QED) is 0.351. The predicted molar refractivity (Wildman–Crippen MR) is 130 cm³/mol. The Morgan fingerprint density at radius 2 is 1.97 bits per heavy atom. The van der Waals surface area contributed by atoms with Crippen LogP contribution in [0.4, 0.5) is 0 Å². The van der Waals surface area contributed by atoms with E-state index in [-0.39, 0.29) is 6.10 Å². The second kappa shape index (κ2) is 10.5. The molecule has 2 aromatic heterocycles. The van der Waals surface area contributed by atoms with Gasteiger partial charge in [0.05, 0.1) is 6.54 Å². The summed E-state index contributed by atoms with van der Waals surface area (Å²) in [6.45, 7) is 5.63. The molecule has 3 heterocycles. The molecule has 34 heavy (non-hydrogen) atoms. The second-order valence-corrected chi connectivity index (χ2v) is 9.19. The van der Waals surface area contributed by atoms with E-state index in [1.54, 1.807) is 6.33 Å². The molecule has 0 aliphatic carbocycles. The molecule has 176 valence electrons. The van der Waals surface area contributed by atoms with E-state index in [0.717, 1.165) is 51.5 Å². The first-order valence-electron chi connectivity index (χ1n) is 11.4. The molecular weight excluding hydrogens is 448 g/mol. The van der Waals surface area contributed by atoms with Crippen LogP contribution in [-0.4, -0.2) is 39.4 Å². The molecule has 0 saturated heterocycles. The van der Waals surface area contributed by atoms with Gasteiger partial charge in [-0.3, -0.25) is 4.90 Å². The maximum atomic E-state index is 6.13. The van der Waals surface area contributed by atoms with E-state index in [9.17, 15) is 0 Å². The van der Waals surface area contributed by atoms with Gasteiger partial charge in [0, 0.05) is 32.3 Å². The van der Waals surface area contributed by atoms with Gasteiger partial charge >= 0.3 is 0 Å². The topological polar surface area (TPSA) is 65.5 Å². The Morgan fingerprint density at radius 1 is 1.09 bits per heavy atom. The first-order chi connectivity index (χ1) is 16.7. The van der Waals surface area contributed by atoms with Gasteiger partial charge in [0.2, 0.25) is 0 Å². The third-order valence-electron chi connectivity index (χ3n) is 5.76. The van der Waals surface area contributed by atoms with Crippen molar-refractivity contribution in [3.8, 4) is 5.75 Å². The molecule has 4 aromatic rings. The van der Waals surface area contributed by atoms with Crippen molar-refractivity contribution in [1.29, 1.82) is 0 Å². The normalized spacial score (nSPS) is 14.9. The largest absolute Gasteiger partial charge is 0.492 e. The molecule has 0 spiro atoms. The van der Waals surface area contributed by atoms with Gasteiger partial charge in [-0.05, 0) is 54.1 Å². The molecule has 0 fully saturated rings. The third-order valence-corrected chi connectivity index (χ3v) is 6.73. The Kier molecular flexibility index (Phi) is 6.99. The van der Waals surface area contributed by atoms with Crippen molar-refractivity contribution in [2.45, 2.75) is 36.4 Å². The minimum atomic E-state index is -0.0986. The Morgan fingerprint density at radius 3 is 2.76 bits per heavy atom. The molecule has 5 rings (SSSR count). The average molecular weight is 477 g/mol. The van der Waals surface area contributed by atoms with Crippen molar-refractivity contribution in [3.63, 3.8) is 0 Å². The minimum absolute atomic E-state index is 0.0986. The zero-order valence-electron chi connectivity index (χ0n) is 19.4. The predicted octanol–water partition coefficient (Wildman–Crippen LogP) is 5.08. The Balaban J connectivity index is 1.32. The van der Waals surface area contributed by atoms with Crippen molar-refractivity contribution in [3.05, 3.63) is 89.4 Å². The van der Waals surface area contributed by atoms with Crippen LogP contribution in [0.2, 0.25) is 0 Å². The van der Waals surface area contributed by atoms with Crippen LogP contribution in [0.15, 0.2) is 81.7 Å². The maximum Gasteiger partial charge on any atom is 0.198 e. The molecule has 0 saturated carbocycles. The van der Waals surface area contributed by atoms with E-state index in [1.165, 1.54) is 11.8 Å². The molecule has 1 aliphatic rings. The lowest BCUT2D eigenvalue weighted by atomic mass is 9.99. The highest BCUT2D eigenvalue weighted by Gasteiger charge is 2.21. The number of aryl methyl sites for hydroxylation is 1. The monoisotopic (exact) mass is 476 g/mol. The number of benzene rings is 2. The Hall–Kier alpha value is -3.07. The summed E-state index contributed by atoms with van der Waals surface area (Å²) in [4.78, 5) is 2.35. The van der Waals surface area contributed by atoms with Crippen LogP contribution in [-0.2, 0) is 24.9 Å². The molecule has 7 nitrogen and oxygen atoms in total. The van der Waals surface area contributed by atoms with E-state index >= 15 is 0 Å². The van der Waals surface area contributed by atoms with E-state index in [1.807, 2.05) is 36.7 Å². The first-order valence-corrected chi connectivity index (χ1v) is 12.3. The average Bonchev–Trinajstić information content (AvgIpc) is 3.41. The number of nitrogens with zero attached hydrogens (tertiary/aromatic N) is 4. The van der Waals surface area contributed by atoms with Crippen molar-refractivity contribution in [2.24, 2.45) is 7.05 Å². The molecule has 1 aliphatic heterocycles. The van der Waals surface area contributed by atoms with Crippen LogP contribution in [0.5, 0.6) is 5.75 Å². The van der Waals surface area contributed by atoms with Crippen LogP contribution in [0.3, 0.4) is 0 Å². The number of ether oxygens (including phenoxy) is 2. The zero-order chi connectivity index (χ0) is 23.3. The van der Waals surface area contributed by atoms with E-state index < -0.39 is 0 Å². The van der Waals surface area contributed by atoms with Crippen molar-refractivity contribution in [1.82, 2.24) is 19.7 Å².